The Kier molecular flexibility index (Phi) is 4.28. The van der Waals surface area contributed by atoms with Gasteiger partial charge in [0, 0.05) is 9.35 Å². The lowest BCUT2D eigenvalue weighted by atomic mass is 10.1. The third kappa shape index (κ3) is 3.13. The Morgan fingerprint density at radius 1 is 1.41 bits per heavy atom. The third-order valence-electron chi connectivity index (χ3n) is 2.53. The van der Waals surface area contributed by atoms with Crippen LogP contribution in [0.4, 0.5) is 4.39 Å². The van der Waals surface area contributed by atoms with E-state index in [2.05, 4.69) is 21.4 Å². The summed E-state index contributed by atoms with van der Waals surface area (Å²) in [6.07, 6.45) is 0.720. The molecule has 0 aliphatic rings. The van der Waals surface area contributed by atoms with Gasteiger partial charge in [0.1, 0.15) is 5.82 Å². The zero-order chi connectivity index (χ0) is 12.3. The Morgan fingerprint density at radius 2 is 2.24 bits per heavy atom. The van der Waals surface area contributed by atoms with Gasteiger partial charge in [0.2, 0.25) is 0 Å². The summed E-state index contributed by atoms with van der Waals surface area (Å²) in [7, 11) is 0. The van der Waals surface area contributed by atoms with Crippen LogP contribution in [0.3, 0.4) is 0 Å². The molecule has 2 nitrogen and oxygen atoms in total. The van der Waals surface area contributed by atoms with Crippen LogP contribution in [-0.4, -0.2) is 0 Å². The van der Waals surface area contributed by atoms with Gasteiger partial charge in [0.25, 0.3) is 0 Å². The van der Waals surface area contributed by atoms with Gasteiger partial charge in [-0.3, -0.25) is 11.3 Å². The summed E-state index contributed by atoms with van der Waals surface area (Å²) >= 11 is 5.01. The summed E-state index contributed by atoms with van der Waals surface area (Å²) in [4.78, 5) is 1.17. The number of thiophene rings is 1. The first-order valence-corrected chi connectivity index (χ1v) is 6.81. The number of rotatable bonds is 4. The highest BCUT2D eigenvalue weighted by atomic mass is 79.9. The van der Waals surface area contributed by atoms with Gasteiger partial charge in [0.05, 0.1) is 6.04 Å². The molecular weight excluding hydrogens is 303 g/mol. The number of hydrazine groups is 1. The Morgan fingerprint density at radius 3 is 2.82 bits per heavy atom. The summed E-state index contributed by atoms with van der Waals surface area (Å²) in [5, 5.41) is 2.01. The molecule has 0 aliphatic carbocycles. The molecule has 5 heteroatoms. The highest BCUT2D eigenvalue weighted by molar-refractivity contribution is 9.10. The van der Waals surface area contributed by atoms with Crippen LogP contribution in [-0.2, 0) is 6.42 Å². The van der Waals surface area contributed by atoms with E-state index < -0.39 is 0 Å². The van der Waals surface area contributed by atoms with Gasteiger partial charge in [0.15, 0.2) is 0 Å². The van der Waals surface area contributed by atoms with Crippen molar-refractivity contribution < 1.29 is 4.39 Å². The first-order valence-electron chi connectivity index (χ1n) is 5.14. The van der Waals surface area contributed by atoms with E-state index in [0.717, 1.165) is 16.5 Å². The highest BCUT2D eigenvalue weighted by Gasteiger charge is 2.13. The molecule has 2 rings (SSSR count). The van der Waals surface area contributed by atoms with Crippen molar-refractivity contribution in [1.29, 1.82) is 0 Å². The summed E-state index contributed by atoms with van der Waals surface area (Å²) < 4.78 is 13.7. The van der Waals surface area contributed by atoms with Gasteiger partial charge in [-0.1, -0.05) is 28.1 Å². The van der Waals surface area contributed by atoms with E-state index in [4.69, 9.17) is 5.84 Å². The minimum Gasteiger partial charge on any atom is -0.271 e. The Balaban J connectivity index is 2.19. The molecule has 1 unspecified atom stereocenters. The van der Waals surface area contributed by atoms with Crippen LogP contribution < -0.4 is 11.3 Å². The molecule has 1 aromatic carbocycles. The standard InChI is InChI=1S/C12H12BrFN2S/c13-10-7-9(14)4-3-8(10)6-11(16-15)12-2-1-5-17-12/h1-5,7,11,16H,6,15H2. The van der Waals surface area contributed by atoms with Crippen molar-refractivity contribution >= 4 is 27.3 Å². The lowest BCUT2D eigenvalue weighted by Crippen LogP contribution is -2.29. The number of nitrogens with two attached hydrogens (primary N) is 1. The van der Waals surface area contributed by atoms with Gasteiger partial charge >= 0.3 is 0 Å². The molecule has 0 bridgehead atoms. The largest absolute Gasteiger partial charge is 0.271 e. The Hall–Kier alpha value is -0.750. The topological polar surface area (TPSA) is 38.0 Å². The van der Waals surface area contributed by atoms with Crippen molar-refractivity contribution in [3.05, 3.63) is 56.4 Å². The minimum atomic E-state index is -0.242. The zero-order valence-corrected chi connectivity index (χ0v) is 11.4. The number of nitrogens with one attached hydrogen (secondary N) is 1. The lowest BCUT2D eigenvalue weighted by molar-refractivity contribution is 0.558. The first kappa shape index (κ1) is 12.7. The van der Waals surface area contributed by atoms with Crippen molar-refractivity contribution in [3.8, 4) is 0 Å². The van der Waals surface area contributed by atoms with Gasteiger partial charge in [-0.25, -0.2) is 4.39 Å². The number of hydrogen-bond acceptors (Lipinski definition) is 3. The fraction of sp³-hybridized carbons (Fsp3) is 0.167. The van der Waals surface area contributed by atoms with Crippen molar-refractivity contribution in [2.75, 3.05) is 0 Å². The fourth-order valence-electron chi connectivity index (χ4n) is 1.64. The molecule has 2 aromatic rings. The van der Waals surface area contributed by atoms with Crippen LogP contribution in [0, 0.1) is 5.82 Å². The Bertz CT molecular complexity index is 487. The zero-order valence-electron chi connectivity index (χ0n) is 8.99. The average molecular weight is 315 g/mol. The van der Waals surface area contributed by atoms with E-state index in [-0.39, 0.29) is 11.9 Å². The molecule has 1 aromatic heterocycles. The summed E-state index contributed by atoms with van der Waals surface area (Å²) in [6, 6.07) is 8.78. The highest BCUT2D eigenvalue weighted by Crippen LogP contribution is 2.26. The van der Waals surface area contributed by atoms with Crippen LogP contribution in [0.5, 0.6) is 0 Å². The number of hydrogen-bond donors (Lipinski definition) is 2. The first-order chi connectivity index (χ1) is 8.20. The predicted molar refractivity (Wildman–Crippen MR) is 72.2 cm³/mol. The maximum absolute atomic E-state index is 13.0. The van der Waals surface area contributed by atoms with Crippen LogP contribution in [0.1, 0.15) is 16.5 Å². The smallest absolute Gasteiger partial charge is 0.124 e. The number of halogens is 2. The summed E-state index contributed by atoms with van der Waals surface area (Å²) in [5.74, 6) is 5.32. The van der Waals surface area contributed by atoms with E-state index in [1.807, 2.05) is 17.5 Å². The van der Waals surface area contributed by atoms with E-state index in [0.29, 0.717) is 0 Å². The predicted octanol–water partition coefficient (Wildman–Crippen LogP) is 3.40. The molecule has 17 heavy (non-hydrogen) atoms. The minimum absolute atomic E-state index is 0.0526. The van der Waals surface area contributed by atoms with Crippen molar-refractivity contribution in [2.24, 2.45) is 5.84 Å². The van der Waals surface area contributed by atoms with Gasteiger partial charge < -0.3 is 0 Å². The summed E-state index contributed by atoms with van der Waals surface area (Å²) in [5.41, 5.74) is 3.82. The number of benzene rings is 1. The second kappa shape index (κ2) is 5.73. The average Bonchev–Trinajstić information content (AvgIpc) is 2.81. The molecule has 3 N–H and O–H groups in total. The molecule has 90 valence electrons. The normalized spacial score (nSPS) is 12.6. The molecule has 0 amide bonds. The second-order valence-electron chi connectivity index (χ2n) is 3.67. The fourth-order valence-corrected chi connectivity index (χ4v) is 2.94. The van der Waals surface area contributed by atoms with E-state index in [9.17, 15) is 4.39 Å². The SMILES string of the molecule is NNC(Cc1ccc(F)cc1Br)c1cccs1. The van der Waals surface area contributed by atoms with Gasteiger partial charge in [-0.05, 0) is 35.6 Å². The lowest BCUT2D eigenvalue weighted by Gasteiger charge is -2.15. The molecule has 0 saturated carbocycles. The molecule has 0 spiro atoms. The molecule has 0 saturated heterocycles. The maximum atomic E-state index is 13.0. The molecule has 1 heterocycles. The van der Waals surface area contributed by atoms with E-state index >= 15 is 0 Å². The van der Waals surface area contributed by atoms with Crippen LogP contribution in [0.2, 0.25) is 0 Å². The summed E-state index contributed by atoms with van der Waals surface area (Å²) in [6.45, 7) is 0. The molecule has 1 atom stereocenters. The molecule has 0 aliphatic heterocycles. The van der Waals surface area contributed by atoms with E-state index in [1.165, 1.54) is 17.0 Å². The van der Waals surface area contributed by atoms with Crippen molar-refractivity contribution in [1.82, 2.24) is 5.43 Å². The third-order valence-corrected chi connectivity index (χ3v) is 4.25. The van der Waals surface area contributed by atoms with E-state index in [1.54, 1.807) is 17.4 Å². The van der Waals surface area contributed by atoms with Crippen LogP contribution in [0.15, 0.2) is 40.2 Å². The van der Waals surface area contributed by atoms with Crippen molar-refractivity contribution in [3.63, 3.8) is 0 Å². The van der Waals surface area contributed by atoms with Gasteiger partial charge in [-0.15, -0.1) is 11.3 Å². The quantitative estimate of drug-likeness (QED) is 0.670. The maximum Gasteiger partial charge on any atom is 0.124 e. The second-order valence-corrected chi connectivity index (χ2v) is 5.51. The van der Waals surface area contributed by atoms with Crippen LogP contribution >= 0.6 is 27.3 Å². The molecule has 0 fully saturated rings. The Labute approximate surface area is 112 Å². The molecule has 0 radical (unpaired) electrons. The van der Waals surface area contributed by atoms with Crippen LogP contribution in [0.25, 0.3) is 0 Å². The molecular formula is C12H12BrFN2S. The monoisotopic (exact) mass is 314 g/mol. The van der Waals surface area contributed by atoms with Gasteiger partial charge in [-0.2, -0.15) is 0 Å². The van der Waals surface area contributed by atoms with Crippen molar-refractivity contribution in [2.45, 2.75) is 12.5 Å².